The first-order valence-electron chi connectivity index (χ1n) is 7.22. The Balaban J connectivity index is 1.93. The molecule has 1 aliphatic heterocycles. The third-order valence-electron chi connectivity index (χ3n) is 3.94. The normalized spacial score (nSPS) is 23.4. The van der Waals surface area contributed by atoms with Crippen LogP contribution in [-0.2, 0) is 9.59 Å². The zero-order chi connectivity index (χ0) is 15.4. The van der Waals surface area contributed by atoms with Crippen LogP contribution in [0.25, 0.3) is 0 Å². The Kier molecular flexibility index (Phi) is 4.83. The van der Waals surface area contributed by atoms with Gasteiger partial charge in [-0.25, -0.2) is 0 Å². The highest BCUT2D eigenvalue weighted by Gasteiger charge is 2.34. The molecule has 1 saturated heterocycles. The number of hydrogen-bond acceptors (Lipinski definition) is 3. The fourth-order valence-corrected chi connectivity index (χ4v) is 2.72. The number of ether oxygens (including phenoxy) is 1. The fraction of sp³-hybridized carbons (Fsp3) is 0.500. The number of amides is 1. The van der Waals surface area contributed by atoms with Gasteiger partial charge in [-0.05, 0) is 31.4 Å². The molecule has 1 amide bonds. The smallest absolute Gasteiger partial charge is 0.306 e. The summed E-state index contributed by atoms with van der Waals surface area (Å²) in [6.07, 6.45) is -0.0682. The summed E-state index contributed by atoms with van der Waals surface area (Å²) in [5.41, 5.74) is 0. The van der Waals surface area contributed by atoms with Crippen molar-refractivity contribution in [1.82, 2.24) is 4.90 Å². The first-order chi connectivity index (χ1) is 9.99. The molecular weight excluding hydrogens is 270 g/mol. The van der Waals surface area contributed by atoms with Crippen LogP contribution in [0.15, 0.2) is 30.3 Å². The van der Waals surface area contributed by atoms with Crippen LogP contribution < -0.4 is 4.74 Å². The van der Waals surface area contributed by atoms with E-state index in [4.69, 9.17) is 9.84 Å². The van der Waals surface area contributed by atoms with Crippen molar-refractivity contribution in [3.63, 3.8) is 0 Å². The molecule has 3 unspecified atom stereocenters. The predicted molar refractivity (Wildman–Crippen MR) is 78.0 cm³/mol. The average molecular weight is 291 g/mol. The van der Waals surface area contributed by atoms with E-state index >= 15 is 0 Å². The Morgan fingerprint density at radius 3 is 2.57 bits per heavy atom. The summed E-state index contributed by atoms with van der Waals surface area (Å²) in [4.78, 5) is 25.2. The van der Waals surface area contributed by atoms with Gasteiger partial charge in [0.05, 0.1) is 5.92 Å². The van der Waals surface area contributed by atoms with E-state index in [1.807, 2.05) is 37.3 Å². The van der Waals surface area contributed by atoms with Gasteiger partial charge in [-0.3, -0.25) is 9.59 Å². The molecule has 3 atom stereocenters. The number of likely N-dealkylation sites (tertiary alicyclic amines) is 1. The summed E-state index contributed by atoms with van der Waals surface area (Å²) in [5.74, 6) is -0.604. The van der Waals surface area contributed by atoms with Crippen molar-refractivity contribution in [2.45, 2.75) is 26.4 Å². The topological polar surface area (TPSA) is 66.8 Å². The molecule has 0 aliphatic carbocycles. The lowest BCUT2D eigenvalue weighted by atomic mass is 9.87. The molecular formula is C16H21NO4. The lowest BCUT2D eigenvalue weighted by Crippen LogP contribution is -2.49. The van der Waals surface area contributed by atoms with Crippen LogP contribution in [0.3, 0.4) is 0 Å². The number of carboxylic acids is 1. The van der Waals surface area contributed by atoms with Crippen molar-refractivity contribution in [3.8, 4) is 5.75 Å². The van der Waals surface area contributed by atoms with Gasteiger partial charge in [0.15, 0.2) is 6.10 Å². The summed E-state index contributed by atoms with van der Waals surface area (Å²) >= 11 is 0. The molecule has 1 aromatic carbocycles. The third-order valence-corrected chi connectivity index (χ3v) is 3.94. The highest BCUT2D eigenvalue weighted by molar-refractivity contribution is 5.81. The van der Waals surface area contributed by atoms with Crippen molar-refractivity contribution in [2.75, 3.05) is 13.1 Å². The zero-order valence-corrected chi connectivity index (χ0v) is 12.4. The van der Waals surface area contributed by atoms with E-state index in [0.29, 0.717) is 25.3 Å². The molecule has 0 radical (unpaired) electrons. The van der Waals surface area contributed by atoms with Gasteiger partial charge in [0.1, 0.15) is 5.75 Å². The number of aliphatic carboxylic acids is 1. The van der Waals surface area contributed by atoms with Gasteiger partial charge in [0.2, 0.25) is 0 Å². The molecule has 1 fully saturated rings. The fourth-order valence-electron chi connectivity index (χ4n) is 2.72. The van der Waals surface area contributed by atoms with Gasteiger partial charge in [-0.15, -0.1) is 0 Å². The van der Waals surface area contributed by atoms with Crippen molar-refractivity contribution in [2.24, 2.45) is 11.8 Å². The molecule has 114 valence electrons. The van der Waals surface area contributed by atoms with E-state index in [-0.39, 0.29) is 17.7 Å². The van der Waals surface area contributed by atoms with Crippen LogP contribution in [0.4, 0.5) is 0 Å². The van der Waals surface area contributed by atoms with E-state index in [1.165, 1.54) is 0 Å². The van der Waals surface area contributed by atoms with E-state index in [1.54, 1.807) is 11.8 Å². The van der Waals surface area contributed by atoms with E-state index < -0.39 is 12.1 Å². The lowest BCUT2D eigenvalue weighted by Gasteiger charge is -2.36. The molecule has 0 spiro atoms. The zero-order valence-electron chi connectivity index (χ0n) is 12.4. The van der Waals surface area contributed by atoms with Gasteiger partial charge >= 0.3 is 5.97 Å². The number of carbonyl (C=O) groups is 2. The minimum absolute atomic E-state index is 0.0378. The van der Waals surface area contributed by atoms with Crippen molar-refractivity contribution in [3.05, 3.63) is 30.3 Å². The largest absolute Gasteiger partial charge is 0.481 e. The van der Waals surface area contributed by atoms with E-state index in [9.17, 15) is 9.59 Å². The predicted octanol–water partition coefficient (Wildman–Crippen LogP) is 2.02. The molecule has 2 rings (SSSR count). The van der Waals surface area contributed by atoms with Gasteiger partial charge in [-0.1, -0.05) is 25.1 Å². The summed E-state index contributed by atoms with van der Waals surface area (Å²) in [6.45, 7) is 4.55. The quantitative estimate of drug-likeness (QED) is 0.921. The van der Waals surface area contributed by atoms with Crippen LogP contribution in [0.5, 0.6) is 5.75 Å². The maximum atomic E-state index is 12.4. The number of nitrogens with zero attached hydrogens (tertiary/aromatic N) is 1. The summed E-state index contributed by atoms with van der Waals surface area (Å²) in [5, 5.41) is 9.11. The number of piperidine rings is 1. The number of benzene rings is 1. The second kappa shape index (κ2) is 6.61. The SMILES string of the molecule is CC(Oc1ccccc1)C(=O)N1CCC(C(=O)O)C(C)C1. The van der Waals surface area contributed by atoms with E-state index in [2.05, 4.69) is 0 Å². The summed E-state index contributed by atoms with van der Waals surface area (Å²) in [6, 6.07) is 9.21. The lowest BCUT2D eigenvalue weighted by molar-refractivity contribution is -0.150. The van der Waals surface area contributed by atoms with Crippen molar-refractivity contribution < 1.29 is 19.4 Å². The molecule has 1 heterocycles. The average Bonchev–Trinajstić information content (AvgIpc) is 2.47. The van der Waals surface area contributed by atoms with Crippen LogP contribution in [0, 0.1) is 11.8 Å². The Hall–Kier alpha value is -2.04. The Morgan fingerprint density at radius 2 is 2.00 bits per heavy atom. The van der Waals surface area contributed by atoms with Gasteiger partial charge in [-0.2, -0.15) is 0 Å². The summed E-state index contributed by atoms with van der Waals surface area (Å²) in [7, 11) is 0. The minimum atomic E-state index is -0.775. The number of rotatable bonds is 4. The number of carbonyl (C=O) groups excluding carboxylic acids is 1. The first-order valence-corrected chi connectivity index (χ1v) is 7.22. The van der Waals surface area contributed by atoms with Crippen LogP contribution in [-0.4, -0.2) is 41.1 Å². The maximum absolute atomic E-state index is 12.4. The monoisotopic (exact) mass is 291 g/mol. The van der Waals surface area contributed by atoms with Gasteiger partial charge < -0.3 is 14.7 Å². The number of para-hydroxylation sites is 1. The Bertz CT molecular complexity index is 502. The molecule has 21 heavy (non-hydrogen) atoms. The standard InChI is InChI=1S/C16H21NO4/c1-11-10-17(9-8-14(11)16(19)20)15(18)12(2)21-13-6-4-3-5-7-13/h3-7,11-12,14H,8-10H2,1-2H3,(H,19,20). The van der Waals surface area contributed by atoms with Gasteiger partial charge in [0, 0.05) is 13.1 Å². The van der Waals surface area contributed by atoms with Crippen molar-refractivity contribution in [1.29, 1.82) is 0 Å². The molecule has 1 N–H and O–H groups in total. The molecule has 0 bridgehead atoms. The van der Waals surface area contributed by atoms with E-state index in [0.717, 1.165) is 0 Å². The molecule has 1 aromatic rings. The van der Waals surface area contributed by atoms with Crippen LogP contribution >= 0.6 is 0 Å². The van der Waals surface area contributed by atoms with Crippen molar-refractivity contribution >= 4 is 11.9 Å². The minimum Gasteiger partial charge on any atom is -0.481 e. The first kappa shape index (κ1) is 15.4. The molecule has 5 nitrogen and oxygen atoms in total. The molecule has 0 aromatic heterocycles. The molecule has 5 heteroatoms. The van der Waals surface area contributed by atoms with Crippen LogP contribution in [0.1, 0.15) is 20.3 Å². The van der Waals surface area contributed by atoms with Crippen LogP contribution in [0.2, 0.25) is 0 Å². The third kappa shape index (κ3) is 3.74. The summed E-state index contributed by atoms with van der Waals surface area (Å²) < 4.78 is 5.63. The molecule has 0 saturated carbocycles. The maximum Gasteiger partial charge on any atom is 0.306 e. The Morgan fingerprint density at radius 1 is 1.33 bits per heavy atom. The highest BCUT2D eigenvalue weighted by Crippen LogP contribution is 2.24. The highest BCUT2D eigenvalue weighted by atomic mass is 16.5. The number of carboxylic acid groups (broad SMARTS) is 1. The van der Waals surface area contributed by atoms with Gasteiger partial charge in [0.25, 0.3) is 5.91 Å². The second-order valence-corrected chi connectivity index (χ2v) is 5.57. The number of hydrogen-bond donors (Lipinski definition) is 1. The second-order valence-electron chi connectivity index (χ2n) is 5.57. The molecule has 1 aliphatic rings. The Labute approximate surface area is 124 Å².